The van der Waals surface area contributed by atoms with E-state index in [0.717, 1.165) is 55.4 Å². The molecule has 4 nitrogen and oxygen atoms in total. The van der Waals surface area contributed by atoms with Gasteiger partial charge >= 0.3 is 7.69 Å². The highest BCUT2D eigenvalue weighted by Gasteiger charge is 2.14. The van der Waals surface area contributed by atoms with Crippen molar-refractivity contribution in [1.29, 1.82) is 0 Å². The molecule has 1 N–H and O–H groups in total. The molecule has 0 aliphatic heterocycles. The highest BCUT2D eigenvalue weighted by atomic mass is 16.5. The SMILES string of the molecule is O[B]Oc1ccc(-c2cc(-c3ccccc3)nc3c2ccc2ccc(-c4ccccc4)nc23)cc1. The van der Waals surface area contributed by atoms with E-state index in [0.29, 0.717) is 13.4 Å². The summed E-state index contributed by atoms with van der Waals surface area (Å²) in [5.41, 5.74) is 7.74. The molecule has 4 aromatic carbocycles. The van der Waals surface area contributed by atoms with Crippen molar-refractivity contribution < 1.29 is 9.68 Å². The number of hydrogen-bond acceptors (Lipinski definition) is 4. The number of rotatable bonds is 5. The molecule has 5 heteroatoms. The van der Waals surface area contributed by atoms with Gasteiger partial charge in [-0.3, -0.25) is 0 Å². The van der Waals surface area contributed by atoms with Crippen LogP contribution in [0.25, 0.3) is 55.4 Å². The maximum atomic E-state index is 8.95. The number of aromatic nitrogens is 2. The van der Waals surface area contributed by atoms with Gasteiger partial charge in [-0.1, -0.05) is 91.0 Å². The minimum absolute atomic E-state index is 0.567. The van der Waals surface area contributed by atoms with Gasteiger partial charge in [-0.25, -0.2) is 9.97 Å². The lowest BCUT2D eigenvalue weighted by molar-refractivity contribution is 0.454. The molecule has 0 bridgehead atoms. The Labute approximate surface area is 203 Å². The summed E-state index contributed by atoms with van der Waals surface area (Å²) in [7, 11) is 0.687. The molecule has 0 saturated carbocycles. The number of benzene rings is 4. The van der Waals surface area contributed by atoms with Crippen LogP contribution in [0.1, 0.15) is 0 Å². The Morgan fingerprint density at radius 2 is 1.20 bits per heavy atom. The van der Waals surface area contributed by atoms with Gasteiger partial charge in [-0.2, -0.15) is 0 Å². The molecule has 6 aromatic rings. The molecule has 0 atom stereocenters. The molecule has 6 rings (SSSR count). The average Bonchev–Trinajstić information content (AvgIpc) is 2.93. The van der Waals surface area contributed by atoms with E-state index >= 15 is 0 Å². The standard InChI is InChI=1S/C30H20BN2O2/c34-31-35-24-15-11-20(12-16-24)26-19-28(22-9-5-2-6-10-22)33-30-25(26)17-13-23-14-18-27(32-29(23)30)21-7-3-1-4-8-21/h1-19,34H. The molecule has 2 heterocycles. The molecule has 0 fully saturated rings. The lowest BCUT2D eigenvalue weighted by Crippen LogP contribution is -1.99. The van der Waals surface area contributed by atoms with Crippen LogP contribution in [0.3, 0.4) is 0 Å². The van der Waals surface area contributed by atoms with Gasteiger partial charge in [0.1, 0.15) is 5.75 Å². The Bertz CT molecular complexity index is 1640. The molecule has 0 amide bonds. The van der Waals surface area contributed by atoms with Gasteiger partial charge in [0, 0.05) is 21.9 Å². The fourth-order valence-corrected chi connectivity index (χ4v) is 4.41. The van der Waals surface area contributed by atoms with Crippen LogP contribution in [-0.4, -0.2) is 22.7 Å². The normalized spacial score (nSPS) is 11.0. The van der Waals surface area contributed by atoms with Gasteiger partial charge in [-0.15, -0.1) is 0 Å². The molecular formula is C30H20BN2O2. The van der Waals surface area contributed by atoms with Gasteiger partial charge in [0.25, 0.3) is 0 Å². The fraction of sp³-hybridized carbons (Fsp3) is 0. The van der Waals surface area contributed by atoms with Crippen LogP contribution in [0, 0.1) is 0 Å². The van der Waals surface area contributed by atoms with Crippen LogP contribution in [0.5, 0.6) is 5.75 Å². The number of nitrogens with zero attached hydrogens (tertiary/aromatic N) is 2. The summed E-state index contributed by atoms with van der Waals surface area (Å²) >= 11 is 0. The van der Waals surface area contributed by atoms with Crippen LogP contribution in [0.15, 0.2) is 115 Å². The Kier molecular flexibility index (Phi) is 5.45. The molecule has 0 aliphatic rings. The molecule has 165 valence electrons. The van der Waals surface area contributed by atoms with Crippen molar-refractivity contribution in [2.45, 2.75) is 0 Å². The van der Waals surface area contributed by atoms with Crippen molar-refractivity contribution in [3.8, 4) is 39.4 Å². The molecule has 0 aliphatic carbocycles. The van der Waals surface area contributed by atoms with Crippen molar-refractivity contribution >= 4 is 29.5 Å². The summed E-state index contributed by atoms with van der Waals surface area (Å²) in [4.78, 5) is 10.2. The maximum absolute atomic E-state index is 8.95. The second kappa shape index (κ2) is 9.05. The maximum Gasteiger partial charge on any atom is 0.569 e. The first-order valence-electron chi connectivity index (χ1n) is 11.4. The molecule has 35 heavy (non-hydrogen) atoms. The van der Waals surface area contributed by atoms with Crippen LogP contribution in [-0.2, 0) is 0 Å². The predicted octanol–water partition coefficient (Wildman–Crippen LogP) is 6.69. The van der Waals surface area contributed by atoms with E-state index in [-0.39, 0.29) is 0 Å². The first kappa shape index (κ1) is 21.1. The largest absolute Gasteiger partial charge is 0.569 e. The zero-order chi connectivity index (χ0) is 23.6. The van der Waals surface area contributed by atoms with E-state index in [1.54, 1.807) is 0 Å². The fourth-order valence-electron chi connectivity index (χ4n) is 4.41. The smallest absolute Gasteiger partial charge is 0.537 e. The number of hydrogen-bond donors (Lipinski definition) is 1. The Hall–Kier alpha value is -4.48. The van der Waals surface area contributed by atoms with E-state index in [4.69, 9.17) is 19.6 Å². The summed E-state index contributed by atoms with van der Waals surface area (Å²) in [5.74, 6) is 0.567. The molecule has 0 spiro atoms. The molecule has 0 unspecified atom stereocenters. The third kappa shape index (κ3) is 4.03. The van der Waals surface area contributed by atoms with E-state index in [9.17, 15) is 0 Å². The third-order valence-corrected chi connectivity index (χ3v) is 6.13. The van der Waals surface area contributed by atoms with E-state index in [1.165, 1.54) is 0 Å². The van der Waals surface area contributed by atoms with Crippen LogP contribution < -0.4 is 4.65 Å². The van der Waals surface area contributed by atoms with Crippen LogP contribution in [0.2, 0.25) is 0 Å². The Morgan fingerprint density at radius 3 is 1.89 bits per heavy atom. The van der Waals surface area contributed by atoms with Crippen molar-refractivity contribution in [3.63, 3.8) is 0 Å². The molecule has 1 radical (unpaired) electrons. The third-order valence-electron chi connectivity index (χ3n) is 6.13. The minimum atomic E-state index is 0.567. The summed E-state index contributed by atoms with van der Waals surface area (Å²) in [6.07, 6.45) is 0. The second-order valence-corrected chi connectivity index (χ2v) is 8.26. The average molecular weight is 451 g/mol. The topological polar surface area (TPSA) is 55.2 Å². The quantitative estimate of drug-likeness (QED) is 0.234. The molecule has 2 aromatic heterocycles. The monoisotopic (exact) mass is 451 g/mol. The van der Waals surface area contributed by atoms with Crippen molar-refractivity contribution in [2.24, 2.45) is 0 Å². The first-order chi connectivity index (χ1) is 17.3. The van der Waals surface area contributed by atoms with E-state index < -0.39 is 0 Å². The number of pyridine rings is 2. The van der Waals surface area contributed by atoms with Gasteiger partial charge in [-0.05, 0) is 35.4 Å². The number of fused-ring (bicyclic) bond motifs is 3. The van der Waals surface area contributed by atoms with Gasteiger partial charge in [0.15, 0.2) is 0 Å². The van der Waals surface area contributed by atoms with Crippen LogP contribution >= 0.6 is 0 Å². The lowest BCUT2D eigenvalue weighted by Gasteiger charge is -2.13. The summed E-state index contributed by atoms with van der Waals surface area (Å²) in [5, 5.41) is 11.0. The summed E-state index contributed by atoms with van der Waals surface area (Å²) in [6, 6.07) is 38.5. The summed E-state index contributed by atoms with van der Waals surface area (Å²) < 4.78 is 5.10. The van der Waals surface area contributed by atoms with Gasteiger partial charge in [0.2, 0.25) is 0 Å². The highest BCUT2D eigenvalue weighted by Crippen LogP contribution is 2.36. The zero-order valence-electron chi connectivity index (χ0n) is 18.8. The van der Waals surface area contributed by atoms with Crippen molar-refractivity contribution in [1.82, 2.24) is 9.97 Å². The van der Waals surface area contributed by atoms with E-state index in [2.05, 4.69) is 54.6 Å². The minimum Gasteiger partial charge on any atom is -0.537 e. The van der Waals surface area contributed by atoms with E-state index in [1.807, 2.05) is 60.7 Å². The summed E-state index contributed by atoms with van der Waals surface area (Å²) in [6.45, 7) is 0. The van der Waals surface area contributed by atoms with Crippen LogP contribution in [0.4, 0.5) is 0 Å². The molecule has 0 saturated heterocycles. The predicted molar refractivity (Wildman–Crippen MR) is 142 cm³/mol. The van der Waals surface area contributed by atoms with Gasteiger partial charge < -0.3 is 9.68 Å². The lowest BCUT2D eigenvalue weighted by atomic mass is 9.96. The van der Waals surface area contributed by atoms with Crippen molar-refractivity contribution in [2.75, 3.05) is 0 Å². The highest BCUT2D eigenvalue weighted by molar-refractivity contribution is 6.17. The Morgan fingerprint density at radius 1 is 0.571 bits per heavy atom. The van der Waals surface area contributed by atoms with Crippen molar-refractivity contribution in [3.05, 3.63) is 115 Å². The first-order valence-corrected chi connectivity index (χ1v) is 11.4. The molecular weight excluding hydrogens is 431 g/mol. The van der Waals surface area contributed by atoms with Gasteiger partial charge in [0.05, 0.1) is 22.4 Å². The second-order valence-electron chi connectivity index (χ2n) is 8.26. The Balaban J connectivity index is 1.63. The zero-order valence-corrected chi connectivity index (χ0v) is 18.8.